The van der Waals surface area contributed by atoms with Gasteiger partial charge < -0.3 is 15.5 Å². The predicted molar refractivity (Wildman–Crippen MR) is 106 cm³/mol. The number of unbranched alkanes of at least 4 members (excludes halogenated alkanes) is 1. The molecule has 22 heavy (non-hydrogen) atoms. The Balaban J connectivity index is 0.00000242. The zero-order valence-corrected chi connectivity index (χ0v) is 16.9. The molecule has 1 saturated heterocycles. The van der Waals surface area contributed by atoms with Gasteiger partial charge in [0.1, 0.15) is 0 Å². The number of guanidine groups is 1. The third-order valence-electron chi connectivity index (χ3n) is 4.36. The minimum absolute atomic E-state index is 0. The Morgan fingerprint density at radius 1 is 1.14 bits per heavy atom. The van der Waals surface area contributed by atoms with Gasteiger partial charge >= 0.3 is 0 Å². The predicted octanol–water partition coefficient (Wildman–Crippen LogP) is 3.08. The molecule has 0 aromatic heterocycles. The number of hydrogen-bond donors (Lipinski definition) is 2. The summed E-state index contributed by atoms with van der Waals surface area (Å²) in [5.74, 6) is 2.75. The van der Waals surface area contributed by atoms with Crippen molar-refractivity contribution >= 4 is 29.9 Å². The molecule has 1 heterocycles. The molecular weight excluding hydrogens is 387 g/mol. The van der Waals surface area contributed by atoms with Gasteiger partial charge in [-0.25, -0.2) is 0 Å². The van der Waals surface area contributed by atoms with E-state index in [-0.39, 0.29) is 24.0 Å². The molecule has 5 heteroatoms. The molecule has 0 amide bonds. The van der Waals surface area contributed by atoms with Crippen LogP contribution in [0.4, 0.5) is 0 Å². The normalized spacial score (nSPS) is 26.4. The van der Waals surface area contributed by atoms with E-state index < -0.39 is 0 Å². The van der Waals surface area contributed by atoms with Crippen molar-refractivity contribution in [3.63, 3.8) is 0 Å². The standard InChI is InChI=1S/C17H34N4.HI/c1-4-18-17(20-16-7-8-16)19-9-5-6-10-21-12-14(2)11-15(3)13-21;/h14-16H,4-13H2,1-3H3,(H2,18,19,20);1H. The Kier molecular flexibility index (Phi) is 9.71. The minimum atomic E-state index is 0. The highest BCUT2D eigenvalue weighted by molar-refractivity contribution is 14.0. The molecule has 1 saturated carbocycles. The number of nitrogens with zero attached hydrogens (tertiary/aromatic N) is 2. The zero-order valence-electron chi connectivity index (χ0n) is 14.6. The highest BCUT2D eigenvalue weighted by Crippen LogP contribution is 2.21. The first-order chi connectivity index (χ1) is 10.2. The van der Waals surface area contributed by atoms with Gasteiger partial charge in [-0.2, -0.15) is 0 Å². The lowest BCUT2D eigenvalue weighted by Gasteiger charge is -2.34. The molecule has 2 N–H and O–H groups in total. The van der Waals surface area contributed by atoms with Crippen LogP contribution in [0.25, 0.3) is 0 Å². The van der Waals surface area contributed by atoms with Crippen LogP contribution in [0, 0.1) is 11.8 Å². The largest absolute Gasteiger partial charge is 0.357 e. The van der Waals surface area contributed by atoms with E-state index in [0.29, 0.717) is 6.04 Å². The Morgan fingerprint density at radius 2 is 1.82 bits per heavy atom. The first-order valence-electron chi connectivity index (χ1n) is 8.94. The summed E-state index contributed by atoms with van der Waals surface area (Å²) >= 11 is 0. The van der Waals surface area contributed by atoms with Gasteiger partial charge in [-0.15, -0.1) is 24.0 Å². The maximum atomic E-state index is 4.68. The second-order valence-corrected chi connectivity index (χ2v) is 7.09. The third-order valence-corrected chi connectivity index (χ3v) is 4.36. The van der Waals surface area contributed by atoms with Crippen LogP contribution in [-0.2, 0) is 0 Å². The van der Waals surface area contributed by atoms with Crippen LogP contribution in [0.5, 0.6) is 0 Å². The van der Waals surface area contributed by atoms with Gasteiger partial charge in [-0.05, 0) is 57.4 Å². The molecule has 130 valence electrons. The molecule has 2 aliphatic rings. The molecule has 0 spiro atoms. The molecule has 2 rings (SSSR count). The molecule has 0 radical (unpaired) electrons. The van der Waals surface area contributed by atoms with Crippen LogP contribution < -0.4 is 10.6 Å². The molecular formula is C17H35IN4. The van der Waals surface area contributed by atoms with E-state index in [0.717, 1.165) is 30.9 Å². The van der Waals surface area contributed by atoms with Gasteiger partial charge in [-0.3, -0.25) is 4.99 Å². The highest BCUT2D eigenvalue weighted by Gasteiger charge is 2.22. The Morgan fingerprint density at radius 3 is 2.41 bits per heavy atom. The van der Waals surface area contributed by atoms with E-state index >= 15 is 0 Å². The average molecular weight is 422 g/mol. The quantitative estimate of drug-likeness (QED) is 0.287. The van der Waals surface area contributed by atoms with Crippen LogP contribution >= 0.6 is 24.0 Å². The monoisotopic (exact) mass is 422 g/mol. The average Bonchev–Trinajstić information content (AvgIpc) is 3.21. The lowest BCUT2D eigenvalue weighted by atomic mass is 9.92. The van der Waals surface area contributed by atoms with Gasteiger partial charge in [0.25, 0.3) is 0 Å². The first-order valence-corrected chi connectivity index (χ1v) is 8.94. The van der Waals surface area contributed by atoms with Crippen molar-refractivity contribution in [2.24, 2.45) is 16.8 Å². The molecule has 2 unspecified atom stereocenters. The number of nitrogens with one attached hydrogen (secondary N) is 2. The summed E-state index contributed by atoms with van der Waals surface area (Å²) in [6.07, 6.45) is 6.47. The summed E-state index contributed by atoms with van der Waals surface area (Å²) in [5, 5.41) is 6.81. The Hall–Kier alpha value is -0.0400. The second kappa shape index (κ2) is 10.7. The minimum Gasteiger partial charge on any atom is -0.357 e. The molecule has 4 nitrogen and oxygen atoms in total. The van der Waals surface area contributed by atoms with Crippen molar-refractivity contribution in [1.29, 1.82) is 0 Å². The molecule has 2 fully saturated rings. The van der Waals surface area contributed by atoms with Crippen molar-refractivity contribution in [2.75, 3.05) is 32.7 Å². The van der Waals surface area contributed by atoms with E-state index in [4.69, 9.17) is 0 Å². The Labute approximate surface area is 153 Å². The molecule has 1 aliphatic carbocycles. The van der Waals surface area contributed by atoms with Crippen LogP contribution in [0.3, 0.4) is 0 Å². The van der Waals surface area contributed by atoms with E-state index in [1.807, 2.05) is 0 Å². The van der Waals surface area contributed by atoms with E-state index in [2.05, 4.69) is 41.3 Å². The summed E-state index contributed by atoms with van der Waals surface area (Å²) in [4.78, 5) is 7.33. The van der Waals surface area contributed by atoms with Crippen LogP contribution in [0.15, 0.2) is 4.99 Å². The van der Waals surface area contributed by atoms with E-state index in [1.165, 1.54) is 51.7 Å². The summed E-state index contributed by atoms with van der Waals surface area (Å²) in [5.41, 5.74) is 0. The van der Waals surface area contributed by atoms with Gasteiger partial charge in [0.15, 0.2) is 5.96 Å². The van der Waals surface area contributed by atoms with Crippen molar-refractivity contribution in [3.8, 4) is 0 Å². The zero-order chi connectivity index (χ0) is 15.1. The smallest absolute Gasteiger partial charge is 0.191 e. The maximum absolute atomic E-state index is 4.68. The van der Waals surface area contributed by atoms with Crippen LogP contribution in [-0.4, -0.2) is 49.6 Å². The number of piperidine rings is 1. The van der Waals surface area contributed by atoms with Gasteiger partial charge in [-0.1, -0.05) is 13.8 Å². The SMILES string of the molecule is CCNC(=NCCCCN1CC(C)CC(C)C1)NC1CC1.I. The fourth-order valence-electron chi connectivity index (χ4n) is 3.35. The van der Waals surface area contributed by atoms with Crippen molar-refractivity contribution in [3.05, 3.63) is 0 Å². The lowest BCUT2D eigenvalue weighted by Crippen LogP contribution is -2.39. The third kappa shape index (κ3) is 7.99. The van der Waals surface area contributed by atoms with E-state index in [1.54, 1.807) is 0 Å². The molecule has 2 atom stereocenters. The van der Waals surface area contributed by atoms with Gasteiger partial charge in [0.05, 0.1) is 0 Å². The molecule has 0 bridgehead atoms. The molecule has 0 aromatic rings. The number of likely N-dealkylation sites (tertiary alicyclic amines) is 1. The highest BCUT2D eigenvalue weighted by atomic mass is 127. The van der Waals surface area contributed by atoms with Gasteiger partial charge in [0.2, 0.25) is 0 Å². The van der Waals surface area contributed by atoms with Crippen molar-refractivity contribution < 1.29 is 0 Å². The number of hydrogen-bond acceptors (Lipinski definition) is 2. The molecule has 1 aliphatic heterocycles. The summed E-state index contributed by atoms with van der Waals surface area (Å²) in [7, 11) is 0. The van der Waals surface area contributed by atoms with E-state index in [9.17, 15) is 0 Å². The number of aliphatic imine (C=N–C) groups is 1. The summed E-state index contributed by atoms with van der Waals surface area (Å²) < 4.78 is 0. The Bertz CT molecular complexity index is 321. The second-order valence-electron chi connectivity index (χ2n) is 7.09. The first kappa shape index (κ1) is 20.0. The maximum Gasteiger partial charge on any atom is 0.191 e. The topological polar surface area (TPSA) is 39.7 Å². The van der Waals surface area contributed by atoms with Gasteiger partial charge in [0, 0.05) is 32.2 Å². The summed E-state index contributed by atoms with van der Waals surface area (Å²) in [6, 6.07) is 0.680. The summed E-state index contributed by atoms with van der Waals surface area (Å²) in [6.45, 7) is 12.6. The fraction of sp³-hybridized carbons (Fsp3) is 0.941. The van der Waals surface area contributed by atoms with Crippen LogP contribution in [0.1, 0.15) is 52.9 Å². The fourth-order valence-corrected chi connectivity index (χ4v) is 3.35. The van der Waals surface area contributed by atoms with Crippen molar-refractivity contribution in [2.45, 2.75) is 58.9 Å². The van der Waals surface area contributed by atoms with Crippen molar-refractivity contribution in [1.82, 2.24) is 15.5 Å². The number of rotatable bonds is 7. The number of halogens is 1. The lowest BCUT2D eigenvalue weighted by molar-refractivity contribution is 0.139. The molecule has 0 aromatic carbocycles. The van der Waals surface area contributed by atoms with Crippen LogP contribution in [0.2, 0.25) is 0 Å².